The molecule has 0 amide bonds. The molecule has 15 heavy (non-hydrogen) atoms. The lowest BCUT2D eigenvalue weighted by Gasteiger charge is -2.27. The maximum atomic E-state index is 3.38. The van der Waals surface area contributed by atoms with E-state index in [-0.39, 0.29) is 0 Å². The highest BCUT2D eigenvalue weighted by molar-refractivity contribution is 5.25. The van der Waals surface area contributed by atoms with Crippen molar-refractivity contribution < 1.29 is 0 Å². The molecule has 1 aliphatic rings. The molecule has 0 bridgehead atoms. The van der Waals surface area contributed by atoms with Crippen LogP contribution in [0.2, 0.25) is 0 Å². The molecule has 1 aliphatic heterocycles. The van der Waals surface area contributed by atoms with Gasteiger partial charge in [0.15, 0.2) is 0 Å². The highest BCUT2D eigenvalue weighted by atomic mass is 15.2. The van der Waals surface area contributed by atoms with E-state index in [9.17, 15) is 0 Å². The summed E-state index contributed by atoms with van der Waals surface area (Å²) in [5.74, 6) is 0. The molecule has 1 aromatic carbocycles. The predicted octanol–water partition coefficient (Wildman–Crippen LogP) is 1.44. The minimum atomic E-state index is 1.15. The molecule has 1 heterocycles. The van der Waals surface area contributed by atoms with Crippen LogP contribution in [0.3, 0.4) is 0 Å². The smallest absolute Gasteiger partial charge is 0.0108 e. The van der Waals surface area contributed by atoms with E-state index in [1.807, 2.05) is 0 Å². The number of benzene rings is 1. The molecule has 1 saturated heterocycles. The molecule has 1 fully saturated rings. The second kappa shape index (κ2) is 5.29. The average molecular weight is 204 g/mol. The van der Waals surface area contributed by atoms with E-state index in [0.717, 1.165) is 13.1 Å². The molecule has 0 radical (unpaired) electrons. The number of hydrogen-bond acceptors (Lipinski definition) is 2. The third-order valence-electron chi connectivity index (χ3n) is 3.17. The average Bonchev–Trinajstić information content (AvgIpc) is 2.29. The van der Waals surface area contributed by atoms with E-state index < -0.39 is 0 Å². The number of nitrogens with one attached hydrogen (secondary N) is 1. The fourth-order valence-corrected chi connectivity index (χ4v) is 2.10. The van der Waals surface area contributed by atoms with Crippen molar-refractivity contribution in [3.63, 3.8) is 0 Å². The fraction of sp³-hybridized carbons (Fsp3) is 0.538. The molecule has 1 N–H and O–H groups in total. The van der Waals surface area contributed by atoms with Gasteiger partial charge in [0.1, 0.15) is 0 Å². The minimum Gasteiger partial charge on any atom is -0.314 e. The molecule has 2 heteroatoms. The zero-order valence-electron chi connectivity index (χ0n) is 9.50. The third-order valence-corrected chi connectivity index (χ3v) is 3.17. The molecule has 0 saturated carbocycles. The quantitative estimate of drug-likeness (QED) is 0.801. The molecule has 1 aromatic rings. The van der Waals surface area contributed by atoms with Crippen molar-refractivity contribution in [3.05, 3.63) is 35.4 Å². The summed E-state index contributed by atoms with van der Waals surface area (Å²) in [7, 11) is 0. The Morgan fingerprint density at radius 1 is 1.20 bits per heavy atom. The van der Waals surface area contributed by atoms with Gasteiger partial charge in [-0.2, -0.15) is 0 Å². The Labute approximate surface area is 92.3 Å². The highest BCUT2D eigenvalue weighted by Crippen LogP contribution is 2.08. The number of hydrogen-bond donors (Lipinski definition) is 1. The van der Waals surface area contributed by atoms with Crippen LogP contribution in [-0.4, -0.2) is 37.6 Å². The summed E-state index contributed by atoms with van der Waals surface area (Å²) in [5, 5.41) is 3.38. The van der Waals surface area contributed by atoms with Crippen LogP contribution in [0, 0.1) is 6.92 Å². The van der Waals surface area contributed by atoms with Crippen molar-refractivity contribution in [1.82, 2.24) is 10.2 Å². The number of aryl methyl sites for hydroxylation is 1. The Kier molecular flexibility index (Phi) is 3.75. The second-order valence-corrected chi connectivity index (χ2v) is 4.27. The maximum absolute atomic E-state index is 3.38. The molecular weight excluding hydrogens is 184 g/mol. The molecule has 0 aromatic heterocycles. The molecule has 2 nitrogen and oxygen atoms in total. The van der Waals surface area contributed by atoms with E-state index in [4.69, 9.17) is 0 Å². The van der Waals surface area contributed by atoms with E-state index in [1.165, 1.54) is 37.2 Å². The largest absolute Gasteiger partial charge is 0.314 e. The Hall–Kier alpha value is -0.860. The van der Waals surface area contributed by atoms with Gasteiger partial charge in [-0.3, -0.25) is 0 Å². The van der Waals surface area contributed by atoms with Gasteiger partial charge in [0, 0.05) is 32.7 Å². The monoisotopic (exact) mass is 204 g/mol. The molecule has 0 atom stereocenters. The summed E-state index contributed by atoms with van der Waals surface area (Å²) in [4.78, 5) is 2.54. The van der Waals surface area contributed by atoms with E-state index in [1.54, 1.807) is 0 Å². The van der Waals surface area contributed by atoms with Crippen molar-refractivity contribution >= 4 is 0 Å². The first kappa shape index (κ1) is 10.7. The van der Waals surface area contributed by atoms with E-state index in [2.05, 4.69) is 41.4 Å². The first-order chi connectivity index (χ1) is 7.36. The summed E-state index contributed by atoms with van der Waals surface area (Å²) in [6, 6.07) is 8.70. The summed E-state index contributed by atoms with van der Waals surface area (Å²) < 4.78 is 0. The minimum absolute atomic E-state index is 1.15. The topological polar surface area (TPSA) is 15.3 Å². The Morgan fingerprint density at radius 2 is 1.93 bits per heavy atom. The maximum Gasteiger partial charge on any atom is 0.0108 e. The second-order valence-electron chi connectivity index (χ2n) is 4.27. The van der Waals surface area contributed by atoms with Crippen molar-refractivity contribution in [2.45, 2.75) is 13.3 Å². The van der Waals surface area contributed by atoms with Gasteiger partial charge < -0.3 is 10.2 Å². The number of nitrogens with zero attached hydrogens (tertiary/aromatic N) is 1. The summed E-state index contributed by atoms with van der Waals surface area (Å²) in [5.41, 5.74) is 2.92. The van der Waals surface area contributed by atoms with Crippen LogP contribution in [0.4, 0.5) is 0 Å². The van der Waals surface area contributed by atoms with Crippen LogP contribution in [-0.2, 0) is 6.42 Å². The SMILES string of the molecule is Cc1ccccc1CCN1CCNCC1. The Morgan fingerprint density at radius 3 is 2.67 bits per heavy atom. The van der Waals surface area contributed by atoms with Gasteiger partial charge in [0.25, 0.3) is 0 Å². The standard InChI is InChI=1S/C13H20N2/c1-12-4-2-3-5-13(12)6-9-15-10-7-14-8-11-15/h2-5,14H,6-11H2,1H3. The summed E-state index contributed by atoms with van der Waals surface area (Å²) in [6.07, 6.45) is 1.19. The predicted molar refractivity (Wildman–Crippen MR) is 64.2 cm³/mol. The first-order valence-electron chi connectivity index (χ1n) is 5.84. The van der Waals surface area contributed by atoms with Gasteiger partial charge >= 0.3 is 0 Å². The van der Waals surface area contributed by atoms with E-state index >= 15 is 0 Å². The van der Waals surface area contributed by atoms with Crippen LogP contribution in [0.1, 0.15) is 11.1 Å². The van der Waals surface area contributed by atoms with E-state index in [0.29, 0.717) is 0 Å². The van der Waals surface area contributed by atoms with Crippen LogP contribution < -0.4 is 5.32 Å². The zero-order chi connectivity index (χ0) is 10.5. The lowest BCUT2D eigenvalue weighted by molar-refractivity contribution is 0.244. The van der Waals surface area contributed by atoms with Crippen molar-refractivity contribution in [1.29, 1.82) is 0 Å². The van der Waals surface area contributed by atoms with Gasteiger partial charge in [0.05, 0.1) is 0 Å². The van der Waals surface area contributed by atoms with Crippen molar-refractivity contribution in [2.75, 3.05) is 32.7 Å². The molecular formula is C13H20N2. The van der Waals surface area contributed by atoms with Gasteiger partial charge in [-0.1, -0.05) is 24.3 Å². The van der Waals surface area contributed by atoms with Gasteiger partial charge in [0.2, 0.25) is 0 Å². The third kappa shape index (κ3) is 3.05. The normalized spacial score (nSPS) is 17.9. The zero-order valence-corrected chi connectivity index (χ0v) is 9.50. The summed E-state index contributed by atoms with van der Waals surface area (Å²) >= 11 is 0. The highest BCUT2D eigenvalue weighted by Gasteiger charge is 2.09. The molecule has 2 rings (SSSR count). The lowest BCUT2D eigenvalue weighted by Crippen LogP contribution is -2.44. The van der Waals surface area contributed by atoms with Crippen LogP contribution >= 0.6 is 0 Å². The Bertz CT molecular complexity index is 303. The van der Waals surface area contributed by atoms with Gasteiger partial charge in [-0.25, -0.2) is 0 Å². The Balaban J connectivity index is 1.84. The van der Waals surface area contributed by atoms with Gasteiger partial charge in [-0.05, 0) is 24.5 Å². The van der Waals surface area contributed by atoms with Crippen LogP contribution in [0.25, 0.3) is 0 Å². The van der Waals surface area contributed by atoms with Crippen LogP contribution in [0.5, 0.6) is 0 Å². The lowest BCUT2D eigenvalue weighted by atomic mass is 10.1. The number of piperazine rings is 1. The van der Waals surface area contributed by atoms with Crippen LogP contribution in [0.15, 0.2) is 24.3 Å². The molecule has 0 spiro atoms. The fourth-order valence-electron chi connectivity index (χ4n) is 2.10. The number of rotatable bonds is 3. The molecule has 82 valence electrons. The van der Waals surface area contributed by atoms with Crippen molar-refractivity contribution in [2.24, 2.45) is 0 Å². The molecule has 0 unspecified atom stereocenters. The first-order valence-corrected chi connectivity index (χ1v) is 5.84. The molecule has 0 aliphatic carbocycles. The summed E-state index contributed by atoms with van der Waals surface area (Å²) in [6.45, 7) is 8.10. The van der Waals surface area contributed by atoms with Gasteiger partial charge in [-0.15, -0.1) is 0 Å². The van der Waals surface area contributed by atoms with Crippen molar-refractivity contribution in [3.8, 4) is 0 Å².